The van der Waals surface area contributed by atoms with E-state index in [2.05, 4.69) is 36.2 Å². The van der Waals surface area contributed by atoms with Crippen LogP contribution in [0, 0.1) is 24.0 Å². The first-order chi connectivity index (χ1) is 26.7. The summed E-state index contributed by atoms with van der Waals surface area (Å²) >= 11 is 0. The van der Waals surface area contributed by atoms with Crippen molar-refractivity contribution in [2.75, 3.05) is 36.0 Å². The van der Waals surface area contributed by atoms with Crippen LogP contribution >= 0.6 is 0 Å². The third kappa shape index (κ3) is 5.91. The second-order valence-electron chi connectivity index (χ2n) is 14.8. The summed E-state index contributed by atoms with van der Waals surface area (Å²) in [5.74, 6) is 2.49. The van der Waals surface area contributed by atoms with Crippen molar-refractivity contribution >= 4 is 43.2 Å². The van der Waals surface area contributed by atoms with Gasteiger partial charge in [-0.2, -0.15) is 18.4 Å². The summed E-state index contributed by atoms with van der Waals surface area (Å²) < 4.78 is 66.2. The molecule has 3 aliphatic heterocycles. The normalized spacial score (nSPS) is 21.1. The number of nitrogens with one attached hydrogen (secondary N) is 1. The van der Waals surface area contributed by atoms with Gasteiger partial charge in [-0.15, -0.1) is 15.6 Å². The zero-order valence-corrected chi connectivity index (χ0v) is 30.4. The summed E-state index contributed by atoms with van der Waals surface area (Å²) in [4.78, 5) is 22.6. The van der Waals surface area contributed by atoms with E-state index in [0.29, 0.717) is 71.7 Å². The highest BCUT2D eigenvalue weighted by atomic mass is 32.2. The minimum absolute atomic E-state index is 0.00675. The Hall–Kier alpha value is -5.72. The predicted octanol–water partition coefficient (Wildman–Crippen LogP) is 5.41. The number of pyridine rings is 1. The molecule has 3 saturated heterocycles. The van der Waals surface area contributed by atoms with E-state index in [1.165, 1.54) is 12.4 Å². The molecule has 3 aromatic carbocycles. The van der Waals surface area contributed by atoms with E-state index in [0.717, 1.165) is 29.8 Å². The largest absolute Gasteiger partial charge is 0.458 e. The second-order valence-corrected chi connectivity index (χ2v) is 16.5. The van der Waals surface area contributed by atoms with Gasteiger partial charge in [-0.3, -0.25) is 4.98 Å². The fraction of sp³-hybridized carbons (Fsp3) is 0.325. The number of hydrogen-bond donors (Lipinski definition) is 1. The van der Waals surface area contributed by atoms with E-state index in [1.54, 1.807) is 48.7 Å². The van der Waals surface area contributed by atoms with Crippen molar-refractivity contribution in [2.24, 2.45) is 0 Å². The molecule has 0 spiro atoms. The van der Waals surface area contributed by atoms with Gasteiger partial charge in [-0.25, -0.2) is 13.8 Å². The lowest BCUT2D eigenvalue weighted by Crippen LogP contribution is -2.51. The molecule has 6 aromatic rings. The lowest BCUT2D eigenvalue weighted by atomic mass is 9.96. The van der Waals surface area contributed by atoms with Gasteiger partial charge in [0.15, 0.2) is 11.6 Å². The van der Waals surface area contributed by atoms with Gasteiger partial charge in [0.25, 0.3) is 10.0 Å². The van der Waals surface area contributed by atoms with E-state index in [4.69, 9.17) is 16.1 Å². The van der Waals surface area contributed by atoms with Crippen LogP contribution in [0.2, 0.25) is 0 Å². The van der Waals surface area contributed by atoms with Gasteiger partial charge in [0.1, 0.15) is 35.3 Å². The second kappa shape index (κ2) is 13.0. The average Bonchev–Trinajstić information content (AvgIpc) is 3.55. The highest BCUT2D eigenvalue weighted by Gasteiger charge is 2.35. The third-order valence-corrected chi connectivity index (χ3v) is 12.6. The van der Waals surface area contributed by atoms with Gasteiger partial charge in [0, 0.05) is 66.9 Å². The average molecular weight is 760 g/mol. The number of anilines is 2. The third-order valence-electron chi connectivity index (χ3n) is 11.1. The van der Waals surface area contributed by atoms with Crippen molar-refractivity contribution in [1.82, 2.24) is 34.4 Å². The van der Waals surface area contributed by atoms with Gasteiger partial charge >= 0.3 is 6.01 Å². The van der Waals surface area contributed by atoms with Gasteiger partial charge < -0.3 is 19.9 Å². The van der Waals surface area contributed by atoms with Crippen molar-refractivity contribution < 1.29 is 21.9 Å². The van der Waals surface area contributed by atoms with Crippen molar-refractivity contribution in [3.8, 4) is 29.6 Å². The number of halogens is 2. The van der Waals surface area contributed by atoms with E-state index < -0.39 is 21.7 Å². The standard InChI is InChI=1S/C40H35F2N9O3S/c1-2-30-33(41)14-11-23-5-3-8-31(34(23)30)36-35(42)37-32(18-43-36)39(50-19-25-12-13-26(20-50)45-25)47-40(46-37)54-28-15-16-49(21-28)27-6-4-7-29(17-27)55(52,53)51-22-44-38(48-51)24-9-10-24/h1,3-8,11,14,17-18,22,24-26,28,45H,9-10,12-13,15-16,19-21H2/t25?,26?,28-/m0/s1. The molecule has 278 valence electrons. The van der Waals surface area contributed by atoms with Crippen LogP contribution in [0.1, 0.15) is 49.4 Å². The molecular formula is C40H35F2N9O3S. The Morgan fingerprint density at radius 3 is 2.53 bits per heavy atom. The van der Waals surface area contributed by atoms with Crippen LogP contribution in [0.3, 0.4) is 0 Å². The number of aromatic nitrogens is 6. The highest BCUT2D eigenvalue weighted by molar-refractivity contribution is 7.89. The van der Waals surface area contributed by atoms with Crippen LogP contribution in [0.5, 0.6) is 6.01 Å². The Morgan fingerprint density at radius 2 is 1.73 bits per heavy atom. The molecule has 6 heterocycles. The van der Waals surface area contributed by atoms with Gasteiger partial charge in [-0.1, -0.05) is 36.3 Å². The number of ether oxygens (including phenoxy) is 1. The Balaban J connectivity index is 0.984. The molecule has 0 amide bonds. The number of nitrogens with zero attached hydrogens (tertiary/aromatic N) is 8. The number of fused-ring (bicyclic) bond motifs is 4. The first-order valence-corrected chi connectivity index (χ1v) is 19.9. The number of hydrogen-bond acceptors (Lipinski definition) is 11. The predicted molar refractivity (Wildman–Crippen MR) is 203 cm³/mol. The van der Waals surface area contributed by atoms with Gasteiger partial charge in [-0.05, 0) is 55.3 Å². The number of benzene rings is 3. The Bertz CT molecular complexity index is 2670. The summed E-state index contributed by atoms with van der Waals surface area (Å²) in [5.41, 5.74) is 1.14. The van der Waals surface area contributed by atoms with Crippen molar-refractivity contribution in [3.63, 3.8) is 0 Å². The molecule has 15 heteroatoms. The summed E-state index contributed by atoms with van der Waals surface area (Å²) in [6.07, 6.45) is 12.8. The highest BCUT2D eigenvalue weighted by Crippen LogP contribution is 2.39. The van der Waals surface area contributed by atoms with Crippen LogP contribution in [-0.2, 0) is 10.0 Å². The molecule has 1 N–H and O–H groups in total. The lowest BCUT2D eigenvalue weighted by Gasteiger charge is -2.34. The summed E-state index contributed by atoms with van der Waals surface area (Å²) in [5, 5.41) is 9.38. The first-order valence-electron chi connectivity index (χ1n) is 18.5. The van der Waals surface area contributed by atoms with Gasteiger partial charge in [0.05, 0.1) is 22.4 Å². The van der Waals surface area contributed by atoms with E-state index >= 15 is 4.39 Å². The maximum atomic E-state index is 17.0. The summed E-state index contributed by atoms with van der Waals surface area (Å²) in [7, 11) is -3.94. The summed E-state index contributed by atoms with van der Waals surface area (Å²) in [6.45, 7) is 2.38. The zero-order chi connectivity index (χ0) is 37.4. The smallest absolute Gasteiger partial charge is 0.319 e. The molecule has 1 aliphatic carbocycles. The lowest BCUT2D eigenvalue weighted by molar-refractivity contribution is 0.207. The number of rotatable bonds is 8. The molecule has 4 aliphatic rings. The summed E-state index contributed by atoms with van der Waals surface area (Å²) in [6, 6.07) is 15.5. The molecule has 2 unspecified atom stereocenters. The molecule has 2 bridgehead atoms. The van der Waals surface area contributed by atoms with Crippen LogP contribution in [0.4, 0.5) is 20.3 Å². The van der Waals surface area contributed by atoms with Crippen molar-refractivity contribution in [2.45, 2.75) is 61.1 Å². The van der Waals surface area contributed by atoms with Gasteiger partial charge in [0.2, 0.25) is 0 Å². The topological polar surface area (TPSA) is 131 Å². The molecule has 0 radical (unpaired) electrons. The maximum absolute atomic E-state index is 17.0. The molecule has 55 heavy (non-hydrogen) atoms. The van der Waals surface area contributed by atoms with E-state index in [9.17, 15) is 12.8 Å². The van der Waals surface area contributed by atoms with Crippen LogP contribution in [-0.4, -0.2) is 81.9 Å². The first kappa shape index (κ1) is 33.8. The SMILES string of the molecule is C#Cc1c(F)ccc2cccc(-c3ncc4c(N5CC6CCC(C5)N6)nc(O[C@H]5CCN(c6cccc(S(=O)(=O)n7cnc(C8CC8)n7)c6)C5)nc4c3F)c12. The number of piperazine rings is 1. The molecule has 3 atom stereocenters. The fourth-order valence-corrected chi connectivity index (χ4v) is 9.33. The zero-order valence-electron chi connectivity index (χ0n) is 29.6. The minimum atomic E-state index is -3.94. The molecular weight excluding hydrogens is 725 g/mol. The van der Waals surface area contributed by atoms with E-state index in [-0.39, 0.29) is 51.8 Å². The van der Waals surface area contributed by atoms with Crippen molar-refractivity contribution in [1.29, 1.82) is 0 Å². The van der Waals surface area contributed by atoms with Crippen LogP contribution in [0.25, 0.3) is 32.9 Å². The van der Waals surface area contributed by atoms with E-state index in [1.807, 2.05) is 11.0 Å². The fourth-order valence-electron chi connectivity index (χ4n) is 8.23. The Kier molecular flexibility index (Phi) is 7.96. The molecule has 12 nitrogen and oxygen atoms in total. The van der Waals surface area contributed by atoms with Crippen LogP contribution in [0.15, 0.2) is 72.0 Å². The Morgan fingerprint density at radius 1 is 0.909 bits per heavy atom. The maximum Gasteiger partial charge on any atom is 0.319 e. The Labute approximate surface area is 315 Å². The molecule has 10 rings (SSSR count). The quantitative estimate of drug-likeness (QED) is 0.200. The molecule has 1 saturated carbocycles. The molecule has 4 fully saturated rings. The number of terminal acetylenes is 1. The van der Waals surface area contributed by atoms with Crippen LogP contribution < -0.4 is 19.9 Å². The minimum Gasteiger partial charge on any atom is -0.458 e. The molecule has 3 aromatic heterocycles. The van der Waals surface area contributed by atoms with Crippen molar-refractivity contribution in [3.05, 3.63) is 90.1 Å². The monoisotopic (exact) mass is 759 g/mol.